The largest absolute Gasteiger partial charge is 0.311 e. The molecule has 0 aliphatic carbocycles. The van der Waals surface area contributed by atoms with E-state index >= 15 is 0 Å². The van der Waals surface area contributed by atoms with Crippen molar-refractivity contribution in [1.82, 2.24) is 19.9 Å². The van der Waals surface area contributed by atoms with Gasteiger partial charge in [-0.05, 0) is 24.5 Å². The molecule has 3 aromatic rings. The average molecular weight is 298 g/mol. The molecule has 1 aromatic carbocycles. The maximum Gasteiger partial charge on any atom is 0.212 e. The van der Waals surface area contributed by atoms with E-state index in [1.165, 1.54) is 21.7 Å². The van der Waals surface area contributed by atoms with Crippen molar-refractivity contribution in [3.8, 4) is 0 Å². The van der Waals surface area contributed by atoms with Crippen molar-refractivity contribution < 1.29 is 0 Å². The Labute approximate surface area is 127 Å². The second-order valence-electron chi connectivity index (χ2n) is 5.55. The zero-order chi connectivity index (χ0) is 14.2. The van der Waals surface area contributed by atoms with Gasteiger partial charge in [-0.25, -0.2) is 9.50 Å². The minimum absolute atomic E-state index is 0.909. The number of hydrogen-bond donors (Lipinski definition) is 1. The Morgan fingerprint density at radius 2 is 2.19 bits per heavy atom. The summed E-state index contributed by atoms with van der Waals surface area (Å²) in [4.78, 5) is 7.14. The quantitative estimate of drug-likeness (QED) is 0.808. The van der Waals surface area contributed by atoms with Gasteiger partial charge in [-0.1, -0.05) is 35.6 Å². The molecule has 108 valence electrons. The zero-order valence-electron chi connectivity index (χ0n) is 12.1. The molecule has 1 aliphatic heterocycles. The number of nitrogens with one attached hydrogen (secondary N) is 1. The fourth-order valence-corrected chi connectivity index (χ4v) is 3.99. The standard InChI is InChI=1S/C16H18N4S/c1-11-4-2-3-5-12(11)6-7-15-18-16-20(19-15)13-8-9-17-10-14(13)21-16/h2-5,17H,6-10H2,1H3. The van der Waals surface area contributed by atoms with E-state index in [1.807, 2.05) is 0 Å². The van der Waals surface area contributed by atoms with Gasteiger partial charge in [0, 0.05) is 30.8 Å². The Hall–Kier alpha value is -1.72. The van der Waals surface area contributed by atoms with Gasteiger partial charge in [0.15, 0.2) is 5.82 Å². The van der Waals surface area contributed by atoms with Gasteiger partial charge in [-0.2, -0.15) is 5.10 Å². The van der Waals surface area contributed by atoms with Crippen molar-refractivity contribution in [1.29, 1.82) is 0 Å². The molecule has 3 heterocycles. The number of aryl methyl sites for hydroxylation is 3. The number of benzene rings is 1. The van der Waals surface area contributed by atoms with E-state index < -0.39 is 0 Å². The smallest absolute Gasteiger partial charge is 0.212 e. The summed E-state index contributed by atoms with van der Waals surface area (Å²) < 4.78 is 2.06. The molecule has 0 radical (unpaired) electrons. The maximum absolute atomic E-state index is 4.72. The summed E-state index contributed by atoms with van der Waals surface area (Å²) in [5.41, 5.74) is 4.09. The third-order valence-corrected chi connectivity index (χ3v) is 5.19. The molecular weight excluding hydrogens is 280 g/mol. The molecule has 1 N–H and O–H groups in total. The van der Waals surface area contributed by atoms with Gasteiger partial charge in [0.1, 0.15) is 0 Å². The van der Waals surface area contributed by atoms with Crippen LogP contribution in [0.1, 0.15) is 27.5 Å². The second-order valence-corrected chi connectivity index (χ2v) is 6.61. The van der Waals surface area contributed by atoms with Crippen molar-refractivity contribution >= 4 is 16.3 Å². The van der Waals surface area contributed by atoms with Crippen molar-refractivity contribution in [2.24, 2.45) is 0 Å². The van der Waals surface area contributed by atoms with E-state index in [9.17, 15) is 0 Å². The lowest BCUT2D eigenvalue weighted by molar-refractivity contribution is 0.626. The molecule has 0 amide bonds. The number of aromatic nitrogens is 3. The molecule has 1 aliphatic rings. The number of hydrogen-bond acceptors (Lipinski definition) is 4. The molecule has 0 saturated carbocycles. The van der Waals surface area contributed by atoms with Crippen LogP contribution >= 0.6 is 11.3 Å². The van der Waals surface area contributed by atoms with Gasteiger partial charge in [-0.15, -0.1) is 0 Å². The van der Waals surface area contributed by atoms with Gasteiger partial charge < -0.3 is 5.32 Å². The lowest BCUT2D eigenvalue weighted by Gasteiger charge is -2.11. The first-order chi connectivity index (χ1) is 10.3. The Balaban J connectivity index is 1.57. The van der Waals surface area contributed by atoms with E-state index in [1.54, 1.807) is 11.3 Å². The summed E-state index contributed by atoms with van der Waals surface area (Å²) in [7, 11) is 0. The molecular formula is C16H18N4S. The van der Waals surface area contributed by atoms with Crippen molar-refractivity contribution in [3.05, 3.63) is 51.8 Å². The molecule has 2 aromatic heterocycles. The maximum atomic E-state index is 4.72. The van der Waals surface area contributed by atoms with Crippen LogP contribution in [-0.4, -0.2) is 21.1 Å². The average Bonchev–Trinajstić information content (AvgIpc) is 3.03. The van der Waals surface area contributed by atoms with Crippen molar-refractivity contribution in [3.63, 3.8) is 0 Å². The summed E-state index contributed by atoms with van der Waals surface area (Å²) in [6.07, 6.45) is 2.97. The minimum atomic E-state index is 0.909. The summed E-state index contributed by atoms with van der Waals surface area (Å²) >= 11 is 1.77. The van der Waals surface area contributed by atoms with Gasteiger partial charge >= 0.3 is 0 Å². The number of fused-ring (bicyclic) bond motifs is 3. The molecule has 5 heteroatoms. The van der Waals surface area contributed by atoms with Crippen LogP contribution in [0.3, 0.4) is 0 Å². The SMILES string of the molecule is Cc1ccccc1CCc1nc2sc3c(n2n1)CCNC3. The Morgan fingerprint density at radius 1 is 1.29 bits per heavy atom. The van der Waals surface area contributed by atoms with Crippen LogP contribution < -0.4 is 5.32 Å². The highest BCUT2D eigenvalue weighted by Gasteiger charge is 2.18. The number of rotatable bonds is 3. The van der Waals surface area contributed by atoms with Crippen molar-refractivity contribution in [2.75, 3.05) is 6.54 Å². The van der Waals surface area contributed by atoms with Crippen LogP contribution in [0.5, 0.6) is 0 Å². The molecule has 0 bridgehead atoms. The predicted octanol–water partition coefficient (Wildman–Crippen LogP) is 2.53. The van der Waals surface area contributed by atoms with E-state index in [4.69, 9.17) is 10.1 Å². The normalized spacial score (nSPS) is 14.5. The summed E-state index contributed by atoms with van der Waals surface area (Å²) in [6.45, 7) is 4.17. The predicted molar refractivity (Wildman–Crippen MR) is 84.9 cm³/mol. The van der Waals surface area contributed by atoms with Crippen LogP contribution in [0.4, 0.5) is 0 Å². The third-order valence-electron chi connectivity index (χ3n) is 4.12. The van der Waals surface area contributed by atoms with Gasteiger partial charge in [0.25, 0.3) is 0 Å². The van der Waals surface area contributed by atoms with Crippen LogP contribution in [0.25, 0.3) is 4.96 Å². The van der Waals surface area contributed by atoms with Gasteiger partial charge in [0.2, 0.25) is 4.96 Å². The van der Waals surface area contributed by atoms with E-state index in [0.717, 1.165) is 43.1 Å². The van der Waals surface area contributed by atoms with Crippen LogP contribution in [0, 0.1) is 6.92 Å². The Kier molecular flexibility index (Phi) is 3.24. The van der Waals surface area contributed by atoms with Crippen LogP contribution in [0.2, 0.25) is 0 Å². The van der Waals surface area contributed by atoms with E-state index in [0.29, 0.717) is 0 Å². The molecule has 0 unspecified atom stereocenters. The molecule has 0 fully saturated rings. The first kappa shape index (κ1) is 13.0. The van der Waals surface area contributed by atoms with E-state index in [-0.39, 0.29) is 0 Å². The number of nitrogens with zero attached hydrogens (tertiary/aromatic N) is 3. The molecule has 0 saturated heterocycles. The molecule has 0 atom stereocenters. The molecule has 21 heavy (non-hydrogen) atoms. The first-order valence-electron chi connectivity index (χ1n) is 7.42. The van der Waals surface area contributed by atoms with Crippen molar-refractivity contribution in [2.45, 2.75) is 32.7 Å². The monoisotopic (exact) mass is 298 g/mol. The lowest BCUT2D eigenvalue weighted by Crippen LogP contribution is -2.23. The van der Waals surface area contributed by atoms with Gasteiger partial charge in [-0.3, -0.25) is 0 Å². The van der Waals surface area contributed by atoms with Crippen LogP contribution in [0.15, 0.2) is 24.3 Å². The Morgan fingerprint density at radius 3 is 3.10 bits per heavy atom. The summed E-state index contributed by atoms with van der Waals surface area (Å²) in [6, 6.07) is 8.55. The van der Waals surface area contributed by atoms with Gasteiger partial charge in [0.05, 0.1) is 5.69 Å². The Bertz CT molecular complexity index is 787. The first-order valence-corrected chi connectivity index (χ1v) is 8.24. The lowest BCUT2D eigenvalue weighted by atomic mass is 10.0. The summed E-state index contributed by atoms with van der Waals surface area (Å²) in [5, 5.41) is 8.12. The fourth-order valence-electron chi connectivity index (χ4n) is 2.90. The van der Waals surface area contributed by atoms with Crippen LogP contribution in [-0.2, 0) is 25.8 Å². The minimum Gasteiger partial charge on any atom is -0.311 e. The molecule has 4 rings (SSSR count). The van der Waals surface area contributed by atoms with E-state index in [2.05, 4.69) is 41.0 Å². The highest BCUT2D eigenvalue weighted by atomic mass is 32.1. The summed E-state index contributed by atoms with van der Waals surface area (Å²) in [5.74, 6) is 0.964. The highest BCUT2D eigenvalue weighted by Crippen LogP contribution is 2.24. The number of thiazole rings is 1. The topological polar surface area (TPSA) is 42.2 Å². The molecule has 4 nitrogen and oxygen atoms in total. The highest BCUT2D eigenvalue weighted by molar-refractivity contribution is 7.17. The molecule has 0 spiro atoms. The zero-order valence-corrected chi connectivity index (χ0v) is 12.9. The second kappa shape index (κ2) is 5.24. The fraction of sp³-hybridized carbons (Fsp3) is 0.375. The third kappa shape index (κ3) is 2.36.